The summed E-state index contributed by atoms with van der Waals surface area (Å²) in [6.45, 7) is 3.96. The molecule has 0 aromatic heterocycles. The van der Waals surface area contributed by atoms with Crippen molar-refractivity contribution in [2.75, 3.05) is 37.8 Å². The summed E-state index contributed by atoms with van der Waals surface area (Å²) in [6.07, 6.45) is 0.919. The van der Waals surface area contributed by atoms with Gasteiger partial charge in [-0.1, -0.05) is 6.07 Å². The fourth-order valence-electron chi connectivity index (χ4n) is 2.37. The first-order valence-corrected chi connectivity index (χ1v) is 8.49. The molecule has 21 heavy (non-hydrogen) atoms. The summed E-state index contributed by atoms with van der Waals surface area (Å²) < 4.78 is 11.3. The molecule has 1 aromatic carbocycles. The van der Waals surface area contributed by atoms with Crippen molar-refractivity contribution in [3.63, 3.8) is 0 Å². The predicted molar refractivity (Wildman–Crippen MR) is 86.3 cm³/mol. The maximum Gasteiger partial charge on any atom is 0.191 e. The number of nitrogens with two attached hydrogens (primary N) is 1. The molecule has 114 valence electrons. The van der Waals surface area contributed by atoms with Crippen LogP contribution in [-0.2, 0) is 6.54 Å². The van der Waals surface area contributed by atoms with Crippen molar-refractivity contribution in [3.8, 4) is 11.5 Å². The van der Waals surface area contributed by atoms with E-state index in [-0.39, 0.29) is 0 Å². The lowest BCUT2D eigenvalue weighted by atomic mass is 10.2. The first-order valence-electron chi connectivity index (χ1n) is 7.34. The van der Waals surface area contributed by atoms with Gasteiger partial charge in [0.1, 0.15) is 0 Å². The lowest BCUT2D eigenvalue weighted by Gasteiger charge is -2.27. The number of fused-ring (bicyclic) bond motifs is 1. The first-order chi connectivity index (χ1) is 10.3. The number of hydrogen-bond acceptors (Lipinski definition) is 4. The first kappa shape index (κ1) is 14.4. The molecule has 0 aliphatic carbocycles. The van der Waals surface area contributed by atoms with E-state index in [1.807, 2.05) is 30.0 Å². The molecule has 6 heteroatoms. The summed E-state index contributed by atoms with van der Waals surface area (Å²) >= 11 is 1.97. The monoisotopic (exact) mass is 307 g/mol. The lowest BCUT2D eigenvalue weighted by molar-refractivity contribution is 0.297. The standard InChI is InChI=1S/C15H21N3O2S/c16-15(18-4-8-21-9-5-18)17-11-12-2-3-13-14(10-12)20-7-1-6-19-13/h2-3,10H,1,4-9,11H2,(H2,16,17). The Balaban J connectivity index is 1.65. The lowest BCUT2D eigenvalue weighted by Crippen LogP contribution is -2.42. The van der Waals surface area contributed by atoms with Gasteiger partial charge in [-0.25, -0.2) is 4.99 Å². The second kappa shape index (κ2) is 6.93. The number of rotatable bonds is 2. The number of ether oxygens (including phenoxy) is 2. The molecule has 0 spiro atoms. The van der Waals surface area contributed by atoms with E-state index in [4.69, 9.17) is 15.2 Å². The van der Waals surface area contributed by atoms with Crippen molar-refractivity contribution in [1.29, 1.82) is 0 Å². The van der Waals surface area contributed by atoms with Gasteiger partial charge in [-0.3, -0.25) is 0 Å². The number of thioether (sulfide) groups is 1. The molecular formula is C15H21N3O2S. The quantitative estimate of drug-likeness (QED) is 0.666. The molecule has 0 atom stereocenters. The van der Waals surface area contributed by atoms with Gasteiger partial charge in [-0.2, -0.15) is 11.8 Å². The van der Waals surface area contributed by atoms with E-state index in [1.165, 1.54) is 0 Å². The van der Waals surface area contributed by atoms with E-state index in [0.717, 1.165) is 48.1 Å². The smallest absolute Gasteiger partial charge is 0.191 e. The van der Waals surface area contributed by atoms with Crippen molar-refractivity contribution < 1.29 is 9.47 Å². The topological polar surface area (TPSA) is 60.1 Å². The zero-order valence-electron chi connectivity index (χ0n) is 12.1. The molecule has 0 radical (unpaired) electrons. The fourth-order valence-corrected chi connectivity index (χ4v) is 3.27. The summed E-state index contributed by atoms with van der Waals surface area (Å²) in [5, 5.41) is 0. The van der Waals surface area contributed by atoms with Crippen molar-refractivity contribution in [3.05, 3.63) is 23.8 Å². The Morgan fingerprint density at radius 3 is 2.76 bits per heavy atom. The minimum absolute atomic E-state index is 0.576. The zero-order chi connectivity index (χ0) is 14.5. The van der Waals surface area contributed by atoms with Crippen LogP contribution in [0.25, 0.3) is 0 Å². The highest BCUT2D eigenvalue weighted by molar-refractivity contribution is 7.99. The van der Waals surface area contributed by atoms with Crippen LogP contribution in [0.15, 0.2) is 23.2 Å². The summed E-state index contributed by atoms with van der Waals surface area (Å²) in [5.74, 6) is 4.53. The number of benzene rings is 1. The molecule has 0 bridgehead atoms. The minimum Gasteiger partial charge on any atom is -0.490 e. The Labute approximate surface area is 129 Å². The minimum atomic E-state index is 0.576. The Bertz CT molecular complexity index is 516. The highest BCUT2D eigenvalue weighted by atomic mass is 32.2. The van der Waals surface area contributed by atoms with Crippen LogP contribution >= 0.6 is 11.8 Å². The highest BCUT2D eigenvalue weighted by Crippen LogP contribution is 2.30. The molecule has 2 aliphatic heterocycles. The molecule has 2 heterocycles. The van der Waals surface area contributed by atoms with Gasteiger partial charge in [0.25, 0.3) is 0 Å². The second-order valence-corrected chi connectivity index (χ2v) is 6.33. The van der Waals surface area contributed by atoms with Crippen molar-refractivity contribution in [1.82, 2.24) is 4.90 Å². The summed E-state index contributed by atoms with van der Waals surface area (Å²) in [7, 11) is 0. The Kier molecular flexibility index (Phi) is 4.75. The van der Waals surface area contributed by atoms with E-state index in [2.05, 4.69) is 9.89 Å². The van der Waals surface area contributed by atoms with E-state index < -0.39 is 0 Å². The Hall–Kier alpha value is -1.56. The Morgan fingerprint density at radius 2 is 1.95 bits per heavy atom. The van der Waals surface area contributed by atoms with Crippen molar-refractivity contribution >= 4 is 17.7 Å². The van der Waals surface area contributed by atoms with Gasteiger partial charge in [0, 0.05) is 31.0 Å². The predicted octanol–water partition coefficient (Wildman–Crippen LogP) is 1.71. The molecule has 3 rings (SSSR count). The van der Waals surface area contributed by atoms with Gasteiger partial charge in [-0.05, 0) is 17.7 Å². The third-order valence-corrected chi connectivity index (χ3v) is 4.51. The normalized spacial score (nSPS) is 19.2. The van der Waals surface area contributed by atoms with E-state index >= 15 is 0 Å². The SMILES string of the molecule is NC(=NCc1ccc2c(c1)OCCCO2)N1CCSCC1. The van der Waals surface area contributed by atoms with Crippen LogP contribution in [0.1, 0.15) is 12.0 Å². The largest absolute Gasteiger partial charge is 0.490 e. The molecule has 1 aromatic rings. The van der Waals surface area contributed by atoms with E-state index in [1.54, 1.807) is 0 Å². The average molecular weight is 307 g/mol. The number of nitrogens with zero attached hydrogens (tertiary/aromatic N) is 2. The van der Waals surface area contributed by atoms with Gasteiger partial charge in [0.05, 0.1) is 19.8 Å². The van der Waals surface area contributed by atoms with E-state index in [9.17, 15) is 0 Å². The second-order valence-electron chi connectivity index (χ2n) is 5.11. The van der Waals surface area contributed by atoms with Gasteiger partial charge < -0.3 is 20.1 Å². The molecule has 0 amide bonds. The van der Waals surface area contributed by atoms with Crippen LogP contribution < -0.4 is 15.2 Å². The number of guanidine groups is 1. The number of hydrogen-bond donors (Lipinski definition) is 1. The maximum absolute atomic E-state index is 6.07. The number of aliphatic imine (C=N–C) groups is 1. The van der Waals surface area contributed by atoms with Gasteiger partial charge in [-0.15, -0.1) is 0 Å². The molecule has 1 saturated heterocycles. The molecule has 0 saturated carbocycles. The summed E-state index contributed by atoms with van der Waals surface area (Å²) in [6, 6.07) is 5.99. The summed E-state index contributed by atoms with van der Waals surface area (Å²) in [4.78, 5) is 6.66. The van der Waals surface area contributed by atoms with Crippen LogP contribution in [0.3, 0.4) is 0 Å². The van der Waals surface area contributed by atoms with Crippen molar-refractivity contribution in [2.24, 2.45) is 10.7 Å². The van der Waals surface area contributed by atoms with Crippen LogP contribution in [0.4, 0.5) is 0 Å². The fraction of sp³-hybridized carbons (Fsp3) is 0.533. The third kappa shape index (κ3) is 3.75. The molecule has 2 N–H and O–H groups in total. The van der Waals surface area contributed by atoms with Crippen LogP contribution in [0.5, 0.6) is 11.5 Å². The van der Waals surface area contributed by atoms with Gasteiger partial charge in [0.2, 0.25) is 0 Å². The van der Waals surface area contributed by atoms with E-state index in [0.29, 0.717) is 25.7 Å². The van der Waals surface area contributed by atoms with Crippen LogP contribution in [0.2, 0.25) is 0 Å². The highest BCUT2D eigenvalue weighted by Gasteiger charge is 2.13. The molecule has 5 nitrogen and oxygen atoms in total. The zero-order valence-corrected chi connectivity index (χ0v) is 12.9. The van der Waals surface area contributed by atoms with Gasteiger partial charge >= 0.3 is 0 Å². The van der Waals surface area contributed by atoms with Gasteiger partial charge in [0.15, 0.2) is 17.5 Å². The molecule has 2 aliphatic rings. The van der Waals surface area contributed by atoms with Crippen LogP contribution in [-0.4, -0.2) is 48.7 Å². The molecular weight excluding hydrogens is 286 g/mol. The Morgan fingerprint density at radius 1 is 1.19 bits per heavy atom. The maximum atomic E-state index is 6.07. The van der Waals surface area contributed by atoms with Crippen molar-refractivity contribution in [2.45, 2.75) is 13.0 Å². The average Bonchev–Trinajstić information content (AvgIpc) is 2.78. The van der Waals surface area contributed by atoms with Crippen LogP contribution in [0, 0.1) is 0 Å². The third-order valence-electron chi connectivity index (χ3n) is 3.57. The molecule has 0 unspecified atom stereocenters. The summed E-state index contributed by atoms with van der Waals surface area (Å²) in [5.41, 5.74) is 7.16. The molecule has 1 fully saturated rings.